The van der Waals surface area contributed by atoms with Crippen LogP contribution in [0.2, 0.25) is 0 Å². The van der Waals surface area contributed by atoms with Crippen molar-refractivity contribution in [3.63, 3.8) is 0 Å². The van der Waals surface area contributed by atoms with E-state index in [2.05, 4.69) is 10.6 Å². The van der Waals surface area contributed by atoms with E-state index in [0.717, 1.165) is 18.8 Å². The molecular formula is C13H19N3O2. The number of carbonyl (C=O) groups is 1. The van der Waals surface area contributed by atoms with Gasteiger partial charge in [-0.1, -0.05) is 0 Å². The number of nitrogens with two attached hydrogens (primary N) is 1. The first-order valence-electron chi connectivity index (χ1n) is 6.22. The molecule has 0 radical (unpaired) electrons. The fourth-order valence-electron chi connectivity index (χ4n) is 2.00. The highest BCUT2D eigenvalue weighted by molar-refractivity contribution is 5.75. The van der Waals surface area contributed by atoms with Crippen molar-refractivity contribution >= 4 is 11.6 Å². The van der Waals surface area contributed by atoms with Gasteiger partial charge < -0.3 is 21.1 Å². The molecule has 1 aromatic carbocycles. The Balaban J connectivity index is 1.77. The second kappa shape index (κ2) is 6.26. The van der Waals surface area contributed by atoms with Gasteiger partial charge in [0, 0.05) is 18.3 Å². The van der Waals surface area contributed by atoms with Gasteiger partial charge in [0.05, 0.1) is 0 Å². The summed E-state index contributed by atoms with van der Waals surface area (Å²) in [6, 6.07) is 8.09. The van der Waals surface area contributed by atoms with E-state index in [1.807, 2.05) is 24.3 Å². The van der Waals surface area contributed by atoms with E-state index in [0.29, 0.717) is 11.8 Å². The smallest absolute Gasteiger partial charge is 0.255 e. The zero-order valence-corrected chi connectivity index (χ0v) is 10.3. The molecule has 1 aliphatic rings. The first-order chi connectivity index (χ1) is 8.74. The summed E-state index contributed by atoms with van der Waals surface area (Å²) < 4.78 is 5.19. The normalized spacial score (nSPS) is 18.6. The third kappa shape index (κ3) is 3.92. The number of carbonyl (C=O) groups excluding carboxylic acids is 1. The first-order valence-corrected chi connectivity index (χ1v) is 6.22. The topological polar surface area (TPSA) is 76.4 Å². The largest absolute Gasteiger partial charge is 0.484 e. The van der Waals surface area contributed by atoms with Crippen molar-refractivity contribution in [1.82, 2.24) is 5.32 Å². The molecule has 5 heteroatoms. The minimum Gasteiger partial charge on any atom is -0.484 e. The van der Waals surface area contributed by atoms with Crippen LogP contribution in [0.1, 0.15) is 12.8 Å². The lowest BCUT2D eigenvalue weighted by molar-refractivity contribution is -0.119. The number of nitrogens with one attached hydrogen (secondary N) is 2. The molecule has 5 nitrogen and oxygen atoms in total. The average Bonchev–Trinajstić information content (AvgIpc) is 2.88. The van der Waals surface area contributed by atoms with Gasteiger partial charge in [-0.3, -0.25) is 4.79 Å². The van der Waals surface area contributed by atoms with Crippen LogP contribution in [-0.2, 0) is 4.79 Å². The van der Waals surface area contributed by atoms with E-state index in [9.17, 15) is 4.79 Å². The Labute approximate surface area is 107 Å². The summed E-state index contributed by atoms with van der Waals surface area (Å²) in [5.74, 6) is 0.183. The molecule has 2 rings (SSSR count). The molecule has 98 valence electrons. The molecule has 18 heavy (non-hydrogen) atoms. The minimum atomic E-state index is -0.468. The molecule has 1 atom stereocenters. The number of hydrogen-bond acceptors (Lipinski definition) is 4. The van der Waals surface area contributed by atoms with Crippen LogP contribution < -0.4 is 21.1 Å². The maximum absolute atomic E-state index is 10.6. The summed E-state index contributed by atoms with van der Waals surface area (Å²) in [5.41, 5.74) is 6.06. The highest BCUT2D eigenvalue weighted by Crippen LogP contribution is 2.16. The summed E-state index contributed by atoms with van der Waals surface area (Å²) in [6.07, 6.45) is 2.49. The van der Waals surface area contributed by atoms with Crippen molar-refractivity contribution in [2.45, 2.75) is 18.9 Å². The molecule has 1 saturated heterocycles. The molecule has 0 saturated carbocycles. The van der Waals surface area contributed by atoms with E-state index < -0.39 is 5.91 Å². The molecule has 0 aliphatic carbocycles. The van der Waals surface area contributed by atoms with Gasteiger partial charge in [0.25, 0.3) is 5.91 Å². The number of primary amides is 1. The van der Waals surface area contributed by atoms with Crippen molar-refractivity contribution < 1.29 is 9.53 Å². The molecule has 1 heterocycles. The van der Waals surface area contributed by atoms with Crippen LogP contribution in [0.5, 0.6) is 5.75 Å². The first kappa shape index (κ1) is 12.7. The SMILES string of the molecule is NC(=O)COc1ccc(NCC2CCCN2)cc1. The number of rotatable bonds is 6. The van der Waals surface area contributed by atoms with Crippen molar-refractivity contribution in [3.05, 3.63) is 24.3 Å². The molecule has 1 aromatic rings. The zero-order chi connectivity index (χ0) is 12.8. The van der Waals surface area contributed by atoms with Crippen LogP contribution in [-0.4, -0.2) is 31.6 Å². The monoisotopic (exact) mass is 249 g/mol. The maximum atomic E-state index is 10.6. The van der Waals surface area contributed by atoms with Crippen molar-refractivity contribution in [1.29, 1.82) is 0 Å². The molecule has 1 fully saturated rings. The van der Waals surface area contributed by atoms with Crippen LogP contribution >= 0.6 is 0 Å². The number of ether oxygens (including phenoxy) is 1. The molecule has 0 bridgehead atoms. The lowest BCUT2D eigenvalue weighted by Gasteiger charge is -2.13. The zero-order valence-electron chi connectivity index (χ0n) is 10.3. The van der Waals surface area contributed by atoms with Gasteiger partial charge in [0.15, 0.2) is 6.61 Å². The molecule has 1 aliphatic heterocycles. The molecule has 1 amide bonds. The van der Waals surface area contributed by atoms with Crippen LogP contribution in [0.3, 0.4) is 0 Å². The molecule has 1 unspecified atom stereocenters. The fourth-order valence-corrected chi connectivity index (χ4v) is 2.00. The van der Waals surface area contributed by atoms with Crippen LogP contribution in [0.25, 0.3) is 0 Å². The van der Waals surface area contributed by atoms with Gasteiger partial charge in [-0.25, -0.2) is 0 Å². The lowest BCUT2D eigenvalue weighted by atomic mass is 10.2. The lowest BCUT2D eigenvalue weighted by Crippen LogP contribution is -2.29. The summed E-state index contributed by atoms with van der Waals surface area (Å²) in [7, 11) is 0. The Morgan fingerprint density at radius 2 is 2.22 bits per heavy atom. The summed E-state index contributed by atoms with van der Waals surface area (Å²) in [4.78, 5) is 10.6. The molecule has 0 aromatic heterocycles. The van der Waals surface area contributed by atoms with Gasteiger partial charge in [0.1, 0.15) is 5.75 Å². The van der Waals surface area contributed by atoms with E-state index in [4.69, 9.17) is 10.5 Å². The number of benzene rings is 1. The van der Waals surface area contributed by atoms with E-state index >= 15 is 0 Å². The maximum Gasteiger partial charge on any atom is 0.255 e. The summed E-state index contributed by atoms with van der Waals surface area (Å²) >= 11 is 0. The van der Waals surface area contributed by atoms with E-state index in [1.165, 1.54) is 12.8 Å². The van der Waals surface area contributed by atoms with Crippen LogP contribution in [0.15, 0.2) is 24.3 Å². The van der Waals surface area contributed by atoms with Crippen LogP contribution in [0, 0.1) is 0 Å². The van der Waals surface area contributed by atoms with Gasteiger partial charge in [-0.2, -0.15) is 0 Å². The third-order valence-electron chi connectivity index (χ3n) is 2.95. The summed E-state index contributed by atoms with van der Waals surface area (Å²) in [6.45, 7) is 1.96. The predicted octanol–water partition coefficient (Wildman–Crippen LogP) is 0.715. The van der Waals surface area contributed by atoms with Crippen molar-refractivity contribution in [2.75, 3.05) is 25.0 Å². The van der Waals surface area contributed by atoms with E-state index in [1.54, 1.807) is 0 Å². The Morgan fingerprint density at radius 3 is 2.83 bits per heavy atom. The third-order valence-corrected chi connectivity index (χ3v) is 2.95. The van der Waals surface area contributed by atoms with E-state index in [-0.39, 0.29) is 6.61 Å². The predicted molar refractivity (Wildman–Crippen MR) is 70.6 cm³/mol. The molecule has 4 N–H and O–H groups in total. The molecule has 0 spiro atoms. The standard InChI is InChI=1S/C13H19N3O2/c14-13(17)9-18-12-5-3-10(4-6-12)16-8-11-2-1-7-15-11/h3-6,11,15-16H,1-2,7-9H2,(H2,14,17). The van der Waals surface area contributed by atoms with Gasteiger partial charge in [-0.05, 0) is 43.7 Å². The Kier molecular flexibility index (Phi) is 4.41. The van der Waals surface area contributed by atoms with Gasteiger partial charge >= 0.3 is 0 Å². The quantitative estimate of drug-likeness (QED) is 0.694. The highest BCUT2D eigenvalue weighted by atomic mass is 16.5. The Morgan fingerprint density at radius 1 is 1.44 bits per heavy atom. The van der Waals surface area contributed by atoms with Gasteiger partial charge in [0.2, 0.25) is 0 Å². The fraction of sp³-hybridized carbons (Fsp3) is 0.462. The van der Waals surface area contributed by atoms with Gasteiger partial charge in [-0.15, -0.1) is 0 Å². The summed E-state index contributed by atoms with van der Waals surface area (Å²) in [5, 5.41) is 6.80. The molecular weight excluding hydrogens is 230 g/mol. The van der Waals surface area contributed by atoms with Crippen molar-refractivity contribution in [2.24, 2.45) is 5.73 Å². The second-order valence-electron chi connectivity index (χ2n) is 4.45. The van der Waals surface area contributed by atoms with Crippen LogP contribution in [0.4, 0.5) is 5.69 Å². The average molecular weight is 249 g/mol. The van der Waals surface area contributed by atoms with Crippen molar-refractivity contribution in [3.8, 4) is 5.75 Å². The second-order valence-corrected chi connectivity index (χ2v) is 4.45. The number of anilines is 1. The highest BCUT2D eigenvalue weighted by Gasteiger charge is 2.12. The Hall–Kier alpha value is -1.75. The number of amides is 1. The minimum absolute atomic E-state index is 0.0846. The number of hydrogen-bond donors (Lipinski definition) is 3. The Bertz CT molecular complexity index is 386.